The number of unbranched alkanes of at least 4 members (excludes halogenated alkanes) is 11. The summed E-state index contributed by atoms with van der Waals surface area (Å²) in [4.78, 5) is 10.3. The molecule has 0 atom stereocenters. The van der Waals surface area contributed by atoms with Crippen LogP contribution in [0.4, 0.5) is 0 Å². The number of nitrogens with one attached hydrogen (secondary N) is 1. The summed E-state index contributed by atoms with van der Waals surface area (Å²) in [6.45, 7) is 1.24. The number of carbonyl (C=O) groups is 1. The van der Waals surface area contributed by atoms with Crippen molar-refractivity contribution in [3.63, 3.8) is 0 Å². The molecule has 3 N–H and O–H groups in total. The fourth-order valence-corrected chi connectivity index (χ4v) is 2.32. The topological polar surface area (TPSA) is 69.6 Å². The molecule has 0 saturated carbocycles. The van der Waals surface area contributed by atoms with Crippen molar-refractivity contribution in [3.05, 3.63) is 0 Å². The van der Waals surface area contributed by atoms with E-state index >= 15 is 0 Å². The first-order valence-corrected chi connectivity index (χ1v) is 8.30. The molecule has 0 bridgehead atoms. The molecule has 0 aliphatic carbocycles. The lowest BCUT2D eigenvalue weighted by atomic mass is 10.1. The molecule has 20 heavy (non-hydrogen) atoms. The van der Waals surface area contributed by atoms with Crippen LogP contribution in [0.1, 0.15) is 77.0 Å². The molecule has 0 aromatic rings. The summed E-state index contributed by atoms with van der Waals surface area (Å²) in [7, 11) is 0. The van der Waals surface area contributed by atoms with E-state index in [2.05, 4.69) is 5.32 Å². The Balaban J connectivity index is 2.94. The van der Waals surface area contributed by atoms with E-state index in [-0.39, 0.29) is 6.54 Å². The van der Waals surface area contributed by atoms with Crippen LogP contribution in [-0.4, -0.2) is 35.9 Å². The molecule has 120 valence electrons. The van der Waals surface area contributed by atoms with E-state index in [0.29, 0.717) is 6.61 Å². The minimum Gasteiger partial charge on any atom is -0.480 e. The average Bonchev–Trinajstić information content (AvgIpc) is 2.43. The lowest BCUT2D eigenvalue weighted by Crippen LogP contribution is -2.23. The second kappa shape index (κ2) is 16.4. The van der Waals surface area contributed by atoms with Crippen LogP contribution in [0.15, 0.2) is 0 Å². The normalized spacial score (nSPS) is 10.8. The number of aliphatic hydroxyl groups is 1. The van der Waals surface area contributed by atoms with Gasteiger partial charge in [-0.1, -0.05) is 64.2 Å². The molecule has 0 fully saturated rings. The number of hydrogen-bond acceptors (Lipinski definition) is 3. The number of carboxylic acids is 1. The third-order valence-corrected chi connectivity index (χ3v) is 3.54. The zero-order valence-electron chi connectivity index (χ0n) is 12.9. The zero-order chi connectivity index (χ0) is 14.9. The molecule has 0 unspecified atom stereocenters. The van der Waals surface area contributed by atoms with Gasteiger partial charge in [0.25, 0.3) is 0 Å². The van der Waals surface area contributed by atoms with Crippen molar-refractivity contribution < 1.29 is 15.0 Å². The third-order valence-electron chi connectivity index (χ3n) is 3.54. The summed E-state index contributed by atoms with van der Waals surface area (Å²) >= 11 is 0. The summed E-state index contributed by atoms with van der Waals surface area (Å²) in [6.07, 6.45) is 14.9. The van der Waals surface area contributed by atoms with Crippen molar-refractivity contribution in [2.24, 2.45) is 0 Å². The first-order valence-electron chi connectivity index (χ1n) is 8.30. The van der Waals surface area contributed by atoms with Crippen LogP contribution < -0.4 is 5.32 Å². The van der Waals surface area contributed by atoms with Crippen molar-refractivity contribution in [2.45, 2.75) is 77.0 Å². The minimum absolute atomic E-state index is 0.0817. The van der Waals surface area contributed by atoms with Gasteiger partial charge in [0.15, 0.2) is 0 Å². The zero-order valence-corrected chi connectivity index (χ0v) is 12.9. The van der Waals surface area contributed by atoms with Gasteiger partial charge in [0.2, 0.25) is 0 Å². The number of aliphatic hydroxyl groups excluding tert-OH is 1. The van der Waals surface area contributed by atoms with Crippen LogP contribution in [0.25, 0.3) is 0 Å². The van der Waals surface area contributed by atoms with Gasteiger partial charge in [-0.3, -0.25) is 4.79 Å². The van der Waals surface area contributed by atoms with E-state index in [1.54, 1.807) is 0 Å². The Morgan fingerprint density at radius 1 is 0.700 bits per heavy atom. The standard InChI is InChI=1S/C16H33NO3/c18-14-12-10-8-6-4-2-1-3-5-7-9-11-13-17-15-16(19)20/h17-18H,1-15H2,(H,19,20). The minimum atomic E-state index is -0.777. The Labute approximate surface area is 124 Å². The van der Waals surface area contributed by atoms with E-state index in [9.17, 15) is 4.79 Å². The van der Waals surface area contributed by atoms with Gasteiger partial charge < -0.3 is 15.5 Å². The maximum absolute atomic E-state index is 10.3. The molecule has 0 rings (SSSR count). The molecular formula is C16H33NO3. The van der Waals surface area contributed by atoms with Crippen molar-refractivity contribution in [1.29, 1.82) is 0 Å². The van der Waals surface area contributed by atoms with Gasteiger partial charge >= 0.3 is 5.97 Å². The molecule has 0 saturated heterocycles. The number of rotatable bonds is 16. The van der Waals surface area contributed by atoms with Crippen LogP contribution in [-0.2, 0) is 4.79 Å². The van der Waals surface area contributed by atoms with Crippen molar-refractivity contribution in [1.82, 2.24) is 5.32 Å². The summed E-state index contributed by atoms with van der Waals surface area (Å²) in [5.74, 6) is -0.777. The lowest BCUT2D eigenvalue weighted by molar-refractivity contribution is -0.135. The quantitative estimate of drug-likeness (QED) is 0.381. The summed E-state index contributed by atoms with van der Waals surface area (Å²) in [6, 6.07) is 0. The van der Waals surface area contributed by atoms with E-state index < -0.39 is 5.97 Å². The number of carboxylic acid groups (broad SMARTS) is 1. The predicted octanol–water partition coefficient (Wildman–Crippen LogP) is 3.33. The Bertz CT molecular complexity index is 210. The van der Waals surface area contributed by atoms with Gasteiger partial charge in [0.05, 0.1) is 6.54 Å². The lowest BCUT2D eigenvalue weighted by Gasteiger charge is -2.03. The molecular weight excluding hydrogens is 254 g/mol. The average molecular weight is 287 g/mol. The van der Waals surface area contributed by atoms with E-state index in [4.69, 9.17) is 10.2 Å². The number of hydrogen-bond donors (Lipinski definition) is 3. The van der Waals surface area contributed by atoms with Gasteiger partial charge in [-0.25, -0.2) is 0 Å². The summed E-state index contributed by atoms with van der Waals surface area (Å²) < 4.78 is 0. The highest BCUT2D eigenvalue weighted by atomic mass is 16.4. The maximum Gasteiger partial charge on any atom is 0.317 e. The first-order chi connectivity index (χ1) is 9.77. The van der Waals surface area contributed by atoms with E-state index in [1.807, 2.05) is 0 Å². The van der Waals surface area contributed by atoms with Crippen LogP contribution in [0, 0.1) is 0 Å². The molecule has 0 amide bonds. The fraction of sp³-hybridized carbons (Fsp3) is 0.938. The first kappa shape index (κ1) is 19.4. The molecule has 0 aromatic carbocycles. The third kappa shape index (κ3) is 17.4. The summed E-state index contributed by atoms with van der Waals surface area (Å²) in [5, 5.41) is 20.0. The Kier molecular flexibility index (Phi) is 15.9. The Hall–Kier alpha value is -0.610. The highest BCUT2D eigenvalue weighted by Crippen LogP contribution is 2.11. The van der Waals surface area contributed by atoms with Crippen molar-refractivity contribution >= 4 is 5.97 Å². The highest BCUT2D eigenvalue weighted by molar-refractivity contribution is 5.68. The fourth-order valence-electron chi connectivity index (χ4n) is 2.32. The van der Waals surface area contributed by atoms with Gasteiger partial charge in [-0.2, -0.15) is 0 Å². The molecule has 0 aromatic heterocycles. The van der Waals surface area contributed by atoms with Crippen molar-refractivity contribution in [2.75, 3.05) is 19.7 Å². The SMILES string of the molecule is O=C(O)CNCCCCCCCCCCCCCCO. The van der Waals surface area contributed by atoms with Crippen LogP contribution in [0.2, 0.25) is 0 Å². The molecule has 4 heteroatoms. The summed E-state index contributed by atoms with van der Waals surface area (Å²) in [5.41, 5.74) is 0. The largest absolute Gasteiger partial charge is 0.480 e. The Morgan fingerprint density at radius 2 is 1.10 bits per heavy atom. The maximum atomic E-state index is 10.3. The van der Waals surface area contributed by atoms with Crippen LogP contribution >= 0.6 is 0 Å². The molecule has 0 heterocycles. The van der Waals surface area contributed by atoms with E-state index in [0.717, 1.165) is 19.4 Å². The molecule has 0 aliphatic heterocycles. The number of aliphatic carboxylic acids is 1. The predicted molar refractivity (Wildman–Crippen MR) is 83.0 cm³/mol. The molecule has 0 aliphatic rings. The van der Waals surface area contributed by atoms with Crippen LogP contribution in [0.5, 0.6) is 0 Å². The monoisotopic (exact) mass is 287 g/mol. The smallest absolute Gasteiger partial charge is 0.317 e. The molecule has 4 nitrogen and oxygen atoms in total. The second-order valence-corrected chi connectivity index (χ2v) is 5.54. The molecule has 0 spiro atoms. The van der Waals surface area contributed by atoms with Gasteiger partial charge in [-0.05, 0) is 19.4 Å². The van der Waals surface area contributed by atoms with E-state index in [1.165, 1.54) is 64.2 Å². The van der Waals surface area contributed by atoms with Crippen molar-refractivity contribution in [3.8, 4) is 0 Å². The van der Waals surface area contributed by atoms with Gasteiger partial charge in [0.1, 0.15) is 0 Å². The molecule has 0 radical (unpaired) electrons. The Morgan fingerprint density at radius 3 is 1.50 bits per heavy atom. The van der Waals surface area contributed by atoms with Crippen LogP contribution in [0.3, 0.4) is 0 Å². The second-order valence-electron chi connectivity index (χ2n) is 5.54. The highest BCUT2D eigenvalue weighted by Gasteiger charge is 1.95. The van der Waals surface area contributed by atoms with Gasteiger partial charge in [-0.15, -0.1) is 0 Å². The van der Waals surface area contributed by atoms with Gasteiger partial charge in [0, 0.05) is 6.61 Å².